The standard InChI is InChI=1S/C19H30N2O2/c1-6-21(7-2)16(5)13-20-19(23)11-10-18(22)17-9-8-14(3)15(4)12-17/h8-9,12,16H,6-7,10-11,13H2,1-5H3,(H,20,23). The van der Waals surface area contributed by atoms with E-state index in [2.05, 4.69) is 31.0 Å². The van der Waals surface area contributed by atoms with Crippen LogP contribution in [0.4, 0.5) is 0 Å². The van der Waals surface area contributed by atoms with Crippen molar-refractivity contribution < 1.29 is 9.59 Å². The van der Waals surface area contributed by atoms with Crippen LogP contribution in [0.25, 0.3) is 0 Å². The molecule has 1 aromatic rings. The zero-order valence-corrected chi connectivity index (χ0v) is 15.1. The van der Waals surface area contributed by atoms with E-state index in [0.717, 1.165) is 18.7 Å². The fourth-order valence-electron chi connectivity index (χ4n) is 2.61. The van der Waals surface area contributed by atoms with E-state index in [9.17, 15) is 9.59 Å². The van der Waals surface area contributed by atoms with Gasteiger partial charge in [0.05, 0.1) is 0 Å². The molecule has 1 aromatic carbocycles. The molecule has 1 rings (SSSR count). The molecular formula is C19H30N2O2. The molecule has 0 aromatic heterocycles. The Kier molecular flexibility index (Phi) is 7.96. The molecule has 0 fully saturated rings. The van der Waals surface area contributed by atoms with Crippen molar-refractivity contribution >= 4 is 11.7 Å². The van der Waals surface area contributed by atoms with Crippen LogP contribution in [0.5, 0.6) is 0 Å². The minimum absolute atomic E-state index is 0.0278. The summed E-state index contributed by atoms with van der Waals surface area (Å²) in [6, 6.07) is 6.00. The summed E-state index contributed by atoms with van der Waals surface area (Å²) in [6.07, 6.45) is 0.505. The Labute approximate surface area is 140 Å². The number of nitrogens with zero attached hydrogens (tertiary/aromatic N) is 1. The highest BCUT2D eigenvalue weighted by molar-refractivity contribution is 5.98. The average Bonchev–Trinajstić information content (AvgIpc) is 2.54. The molecule has 1 N–H and O–H groups in total. The lowest BCUT2D eigenvalue weighted by molar-refractivity contribution is -0.121. The quantitative estimate of drug-likeness (QED) is 0.712. The molecule has 4 nitrogen and oxygen atoms in total. The van der Waals surface area contributed by atoms with Crippen molar-refractivity contribution in [2.24, 2.45) is 0 Å². The summed E-state index contributed by atoms with van der Waals surface area (Å²) in [7, 11) is 0. The van der Waals surface area contributed by atoms with E-state index in [0.29, 0.717) is 18.2 Å². The van der Waals surface area contributed by atoms with E-state index < -0.39 is 0 Å². The normalized spacial score (nSPS) is 12.3. The Balaban J connectivity index is 2.40. The number of benzene rings is 1. The Morgan fingerprint density at radius 2 is 1.74 bits per heavy atom. The summed E-state index contributed by atoms with van der Waals surface area (Å²) in [4.78, 5) is 26.4. The van der Waals surface area contributed by atoms with Crippen LogP contribution in [-0.2, 0) is 4.79 Å². The summed E-state index contributed by atoms with van der Waals surface area (Å²) in [6.45, 7) is 12.9. The largest absolute Gasteiger partial charge is 0.355 e. The number of hydrogen-bond donors (Lipinski definition) is 1. The minimum Gasteiger partial charge on any atom is -0.355 e. The molecule has 128 valence electrons. The minimum atomic E-state index is -0.0545. The summed E-state index contributed by atoms with van der Waals surface area (Å²) >= 11 is 0. The first kappa shape index (κ1) is 19.4. The summed E-state index contributed by atoms with van der Waals surface area (Å²) in [5.74, 6) is -0.0266. The zero-order chi connectivity index (χ0) is 17.4. The predicted molar refractivity (Wildman–Crippen MR) is 94.9 cm³/mol. The van der Waals surface area contributed by atoms with Crippen LogP contribution in [0.1, 0.15) is 55.1 Å². The maximum absolute atomic E-state index is 12.2. The molecule has 0 heterocycles. The van der Waals surface area contributed by atoms with E-state index in [1.807, 2.05) is 32.0 Å². The van der Waals surface area contributed by atoms with Crippen LogP contribution in [0.2, 0.25) is 0 Å². The van der Waals surface area contributed by atoms with Crippen LogP contribution < -0.4 is 5.32 Å². The van der Waals surface area contributed by atoms with Crippen molar-refractivity contribution in [2.45, 2.75) is 53.5 Å². The number of carbonyl (C=O) groups is 2. The molecule has 0 spiro atoms. The average molecular weight is 318 g/mol. The summed E-state index contributed by atoms with van der Waals surface area (Å²) in [5.41, 5.74) is 2.97. The number of ketones is 1. The summed E-state index contributed by atoms with van der Waals surface area (Å²) in [5, 5.41) is 2.93. The smallest absolute Gasteiger partial charge is 0.220 e. The second-order valence-corrected chi connectivity index (χ2v) is 6.10. The van der Waals surface area contributed by atoms with Gasteiger partial charge in [-0.1, -0.05) is 26.0 Å². The third kappa shape index (κ3) is 6.14. The number of rotatable bonds is 9. The fraction of sp³-hybridized carbons (Fsp3) is 0.579. The van der Waals surface area contributed by atoms with Gasteiger partial charge in [-0.05, 0) is 51.1 Å². The Morgan fingerprint density at radius 1 is 1.09 bits per heavy atom. The van der Waals surface area contributed by atoms with E-state index in [-0.39, 0.29) is 24.5 Å². The van der Waals surface area contributed by atoms with Crippen molar-refractivity contribution in [3.8, 4) is 0 Å². The van der Waals surface area contributed by atoms with E-state index >= 15 is 0 Å². The van der Waals surface area contributed by atoms with Crippen LogP contribution in [0.3, 0.4) is 0 Å². The molecule has 0 saturated carbocycles. The lowest BCUT2D eigenvalue weighted by Gasteiger charge is -2.26. The molecule has 23 heavy (non-hydrogen) atoms. The van der Waals surface area contributed by atoms with Gasteiger partial charge in [-0.3, -0.25) is 14.5 Å². The predicted octanol–water partition coefficient (Wildman–Crippen LogP) is 3.11. The topological polar surface area (TPSA) is 49.4 Å². The third-order valence-corrected chi connectivity index (χ3v) is 4.44. The first-order chi connectivity index (χ1) is 10.9. The van der Waals surface area contributed by atoms with Crippen LogP contribution >= 0.6 is 0 Å². The van der Waals surface area contributed by atoms with Gasteiger partial charge in [0.25, 0.3) is 0 Å². The van der Waals surface area contributed by atoms with Crippen molar-refractivity contribution in [1.82, 2.24) is 10.2 Å². The molecule has 0 aliphatic rings. The van der Waals surface area contributed by atoms with Crippen molar-refractivity contribution in [2.75, 3.05) is 19.6 Å². The van der Waals surface area contributed by atoms with Crippen molar-refractivity contribution in [3.63, 3.8) is 0 Å². The molecule has 0 bridgehead atoms. The van der Waals surface area contributed by atoms with E-state index in [4.69, 9.17) is 0 Å². The molecule has 0 radical (unpaired) electrons. The van der Waals surface area contributed by atoms with Gasteiger partial charge in [0.15, 0.2) is 5.78 Å². The van der Waals surface area contributed by atoms with E-state index in [1.165, 1.54) is 5.56 Å². The zero-order valence-electron chi connectivity index (χ0n) is 15.1. The maximum atomic E-state index is 12.2. The van der Waals surface area contributed by atoms with Gasteiger partial charge in [0.2, 0.25) is 5.91 Å². The molecule has 1 amide bonds. The number of likely N-dealkylation sites (N-methyl/N-ethyl adjacent to an activating group) is 1. The SMILES string of the molecule is CCN(CC)C(C)CNC(=O)CCC(=O)c1ccc(C)c(C)c1. The first-order valence-electron chi connectivity index (χ1n) is 8.50. The molecule has 1 unspecified atom stereocenters. The van der Waals surface area contributed by atoms with Gasteiger partial charge in [-0.15, -0.1) is 0 Å². The lowest BCUT2D eigenvalue weighted by atomic mass is 10.0. The third-order valence-electron chi connectivity index (χ3n) is 4.44. The molecule has 4 heteroatoms. The number of aryl methyl sites for hydroxylation is 2. The number of Topliss-reactive ketones (excluding diaryl/α,β-unsaturated/α-hetero) is 1. The molecule has 0 aliphatic heterocycles. The van der Waals surface area contributed by atoms with Crippen molar-refractivity contribution in [1.29, 1.82) is 0 Å². The highest BCUT2D eigenvalue weighted by atomic mass is 16.2. The van der Waals surface area contributed by atoms with E-state index in [1.54, 1.807) is 0 Å². The number of carbonyl (C=O) groups excluding carboxylic acids is 2. The highest BCUT2D eigenvalue weighted by Crippen LogP contribution is 2.12. The number of amides is 1. The fourth-order valence-corrected chi connectivity index (χ4v) is 2.61. The molecular weight excluding hydrogens is 288 g/mol. The second kappa shape index (κ2) is 9.46. The van der Waals surface area contributed by atoms with Crippen LogP contribution in [-0.4, -0.2) is 42.3 Å². The van der Waals surface area contributed by atoms with Gasteiger partial charge in [0, 0.05) is 31.0 Å². The van der Waals surface area contributed by atoms with Gasteiger partial charge in [-0.2, -0.15) is 0 Å². The molecule has 0 aliphatic carbocycles. The van der Waals surface area contributed by atoms with Crippen LogP contribution in [0, 0.1) is 13.8 Å². The Bertz CT molecular complexity index is 536. The van der Waals surface area contributed by atoms with Gasteiger partial charge in [-0.25, -0.2) is 0 Å². The number of hydrogen-bond acceptors (Lipinski definition) is 3. The molecule has 0 saturated heterocycles. The number of nitrogens with one attached hydrogen (secondary N) is 1. The maximum Gasteiger partial charge on any atom is 0.220 e. The van der Waals surface area contributed by atoms with Gasteiger partial charge >= 0.3 is 0 Å². The first-order valence-corrected chi connectivity index (χ1v) is 8.50. The van der Waals surface area contributed by atoms with Crippen molar-refractivity contribution in [3.05, 3.63) is 34.9 Å². The highest BCUT2D eigenvalue weighted by Gasteiger charge is 2.13. The Hall–Kier alpha value is -1.68. The second-order valence-electron chi connectivity index (χ2n) is 6.10. The van der Waals surface area contributed by atoms with Gasteiger partial charge < -0.3 is 5.32 Å². The molecule has 1 atom stereocenters. The Morgan fingerprint density at radius 3 is 2.30 bits per heavy atom. The monoisotopic (exact) mass is 318 g/mol. The summed E-state index contributed by atoms with van der Waals surface area (Å²) < 4.78 is 0. The lowest BCUT2D eigenvalue weighted by Crippen LogP contribution is -2.42. The van der Waals surface area contributed by atoms with Gasteiger partial charge in [0.1, 0.15) is 0 Å². The van der Waals surface area contributed by atoms with Crippen LogP contribution in [0.15, 0.2) is 18.2 Å².